The predicted molar refractivity (Wildman–Crippen MR) is 70.9 cm³/mol. The Morgan fingerprint density at radius 1 is 1.33 bits per heavy atom. The van der Waals surface area contributed by atoms with Crippen LogP contribution in [-0.4, -0.2) is 47.3 Å². The second-order valence-corrected chi connectivity index (χ2v) is 6.44. The Morgan fingerprint density at radius 3 is 2.50 bits per heavy atom. The Balaban J connectivity index is 2.55. The summed E-state index contributed by atoms with van der Waals surface area (Å²) in [4.78, 5) is 2.29. The van der Waals surface area contributed by atoms with Crippen LogP contribution in [0.15, 0.2) is 0 Å². The maximum atomic E-state index is 12.2. The van der Waals surface area contributed by atoms with Crippen molar-refractivity contribution >= 4 is 11.8 Å². The van der Waals surface area contributed by atoms with Crippen LogP contribution in [0, 0.1) is 0 Å². The molecule has 1 saturated heterocycles. The van der Waals surface area contributed by atoms with E-state index in [9.17, 15) is 13.2 Å². The third-order valence-electron chi connectivity index (χ3n) is 3.68. The molecule has 0 aromatic carbocycles. The number of nitrogens with zero attached hydrogens (tertiary/aromatic N) is 1. The van der Waals surface area contributed by atoms with E-state index in [1.807, 2.05) is 18.7 Å². The largest absolute Gasteiger partial charge is 0.389 e. The van der Waals surface area contributed by atoms with Crippen LogP contribution >= 0.6 is 11.8 Å². The van der Waals surface area contributed by atoms with Gasteiger partial charge in [0.2, 0.25) is 0 Å². The van der Waals surface area contributed by atoms with Gasteiger partial charge in [0.05, 0.1) is 0 Å². The van der Waals surface area contributed by atoms with Gasteiger partial charge in [-0.3, -0.25) is 4.90 Å². The van der Waals surface area contributed by atoms with Crippen molar-refractivity contribution in [2.75, 3.05) is 24.6 Å². The highest BCUT2D eigenvalue weighted by Gasteiger charge is 2.36. The monoisotopic (exact) mass is 284 g/mol. The lowest BCUT2D eigenvalue weighted by Crippen LogP contribution is -2.58. The van der Waals surface area contributed by atoms with E-state index in [0.717, 1.165) is 18.1 Å². The summed E-state index contributed by atoms with van der Waals surface area (Å²) in [6, 6.07) is 0.392. The molecule has 1 rings (SSSR count). The molecule has 18 heavy (non-hydrogen) atoms. The molecule has 0 aromatic rings. The quantitative estimate of drug-likeness (QED) is 0.842. The third-order valence-corrected chi connectivity index (χ3v) is 4.87. The van der Waals surface area contributed by atoms with Gasteiger partial charge in [-0.15, -0.1) is 0 Å². The van der Waals surface area contributed by atoms with E-state index < -0.39 is 12.6 Å². The number of hydrogen-bond donors (Lipinski definition) is 1. The summed E-state index contributed by atoms with van der Waals surface area (Å²) in [5, 5.41) is 0. The summed E-state index contributed by atoms with van der Waals surface area (Å²) < 4.78 is 36.6. The topological polar surface area (TPSA) is 29.3 Å². The number of rotatable bonds is 5. The number of hydrogen-bond acceptors (Lipinski definition) is 3. The van der Waals surface area contributed by atoms with Gasteiger partial charge in [0.25, 0.3) is 0 Å². The fraction of sp³-hybridized carbons (Fsp3) is 1.00. The van der Waals surface area contributed by atoms with Crippen LogP contribution in [0.5, 0.6) is 0 Å². The molecule has 2 N–H and O–H groups in total. The van der Waals surface area contributed by atoms with Crippen molar-refractivity contribution in [3.63, 3.8) is 0 Å². The van der Waals surface area contributed by atoms with Crippen molar-refractivity contribution in [2.45, 2.75) is 50.9 Å². The molecule has 0 radical (unpaired) electrons. The molecule has 2 nitrogen and oxygen atoms in total. The fourth-order valence-corrected chi connectivity index (χ4v) is 3.58. The van der Waals surface area contributed by atoms with E-state index in [2.05, 4.69) is 11.8 Å². The predicted octanol–water partition coefficient (Wildman–Crippen LogP) is 2.87. The third kappa shape index (κ3) is 4.63. The van der Waals surface area contributed by atoms with Crippen LogP contribution in [0.25, 0.3) is 0 Å². The highest BCUT2D eigenvalue weighted by Crippen LogP contribution is 2.31. The average molecular weight is 284 g/mol. The first-order valence-electron chi connectivity index (χ1n) is 6.40. The maximum Gasteiger partial charge on any atom is 0.389 e. The molecule has 0 spiro atoms. The Labute approximate surface area is 111 Å². The van der Waals surface area contributed by atoms with E-state index in [-0.39, 0.29) is 12.0 Å². The van der Waals surface area contributed by atoms with Gasteiger partial charge in [-0.1, -0.05) is 0 Å². The average Bonchev–Trinajstić information content (AvgIpc) is 2.27. The molecule has 0 aliphatic carbocycles. The Kier molecular flexibility index (Phi) is 5.80. The number of nitrogens with two attached hydrogens (primary N) is 1. The fourth-order valence-electron chi connectivity index (χ4n) is 2.56. The van der Waals surface area contributed by atoms with Crippen molar-refractivity contribution < 1.29 is 13.2 Å². The molecule has 1 fully saturated rings. The molecule has 108 valence electrons. The molecule has 2 atom stereocenters. The van der Waals surface area contributed by atoms with Gasteiger partial charge in [-0.25, -0.2) is 0 Å². The highest BCUT2D eigenvalue weighted by atomic mass is 32.2. The van der Waals surface area contributed by atoms with Crippen LogP contribution in [0.3, 0.4) is 0 Å². The second-order valence-electron chi connectivity index (χ2n) is 5.29. The van der Waals surface area contributed by atoms with Crippen molar-refractivity contribution in [3.05, 3.63) is 0 Å². The maximum absolute atomic E-state index is 12.2. The van der Waals surface area contributed by atoms with Gasteiger partial charge in [0, 0.05) is 42.6 Å². The van der Waals surface area contributed by atoms with E-state index in [0.29, 0.717) is 19.0 Å². The molecule has 1 aliphatic heterocycles. The summed E-state index contributed by atoms with van der Waals surface area (Å²) in [5.74, 6) is 2.08. The molecule has 0 saturated carbocycles. The minimum atomic E-state index is -4.06. The van der Waals surface area contributed by atoms with Crippen LogP contribution in [-0.2, 0) is 0 Å². The van der Waals surface area contributed by atoms with Gasteiger partial charge in [-0.05, 0) is 26.7 Å². The number of thioether (sulfide) groups is 1. The van der Waals surface area contributed by atoms with Crippen LogP contribution in [0.4, 0.5) is 13.2 Å². The summed E-state index contributed by atoms with van der Waals surface area (Å²) in [6.07, 6.45) is -4.09. The number of halogens is 3. The number of alkyl halides is 3. The molecule has 6 heteroatoms. The molecule has 0 bridgehead atoms. The zero-order valence-electron chi connectivity index (χ0n) is 11.1. The molecule has 0 aromatic heterocycles. The molecule has 0 amide bonds. The highest BCUT2D eigenvalue weighted by molar-refractivity contribution is 7.99. The van der Waals surface area contributed by atoms with Gasteiger partial charge in [-0.2, -0.15) is 24.9 Å². The lowest BCUT2D eigenvalue weighted by Gasteiger charge is -2.46. The lowest BCUT2D eigenvalue weighted by molar-refractivity contribution is -0.137. The Hall–Kier alpha value is 0.0600. The standard InChI is InChI=1S/C12H23F3N2S/c1-10-8-18-7-6-17(10)11(2,9-16)4-3-5-12(13,14)15/h10H,3-9,16H2,1-2H3. The normalized spacial score (nSPS) is 26.0. The van der Waals surface area contributed by atoms with Gasteiger partial charge in [0.1, 0.15) is 0 Å². The van der Waals surface area contributed by atoms with Crippen molar-refractivity contribution in [1.82, 2.24) is 4.90 Å². The van der Waals surface area contributed by atoms with Crippen LogP contribution < -0.4 is 5.73 Å². The zero-order valence-corrected chi connectivity index (χ0v) is 11.9. The molecular weight excluding hydrogens is 261 g/mol. The summed E-state index contributed by atoms with van der Waals surface area (Å²) in [7, 11) is 0. The first-order valence-corrected chi connectivity index (χ1v) is 7.55. The zero-order chi connectivity index (χ0) is 13.8. The summed E-state index contributed by atoms with van der Waals surface area (Å²) >= 11 is 1.90. The second kappa shape index (κ2) is 6.48. The smallest absolute Gasteiger partial charge is 0.329 e. The van der Waals surface area contributed by atoms with E-state index in [1.165, 1.54) is 0 Å². The lowest BCUT2D eigenvalue weighted by atomic mass is 9.91. The van der Waals surface area contributed by atoms with Crippen molar-refractivity contribution in [3.8, 4) is 0 Å². The Morgan fingerprint density at radius 2 is 2.00 bits per heavy atom. The van der Waals surface area contributed by atoms with Gasteiger partial charge < -0.3 is 5.73 Å². The first-order chi connectivity index (χ1) is 8.28. The SMILES string of the molecule is CC1CSCCN1C(C)(CN)CCCC(F)(F)F. The van der Waals surface area contributed by atoms with E-state index >= 15 is 0 Å². The minimum Gasteiger partial charge on any atom is -0.329 e. The minimum absolute atomic E-state index is 0.160. The van der Waals surface area contributed by atoms with Gasteiger partial charge in [0.15, 0.2) is 0 Å². The molecule has 1 heterocycles. The van der Waals surface area contributed by atoms with Crippen molar-refractivity contribution in [1.29, 1.82) is 0 Å². The molecule has 1 aliphatic rings. The first kappa shape index (κ1) is 16.1. The Bertz CT molecular complexity index is 260. The summed E-state index contributed by atoms with van der Waals surface area (Å²) in [5.41, 5.74) is 5.52. The van der Waals surface area contributed by atoms with E-state index in [1.54, 1.807) is 0 Å². The van der Waals surface area contributed by atoms with Gasteiger partial charge >= 0.3 is 6.18 Å². The summed E-state index contributed by atoms with van der Waals surface area (Å²) in [6.45, 7) is 5.46. The van der Waals surface area contributed by atoms with Crippen LogP contribution in [0.2, 0.25) is 0 Å². The van der Waals surface area contributed by atoms with Crippen molar-refractivity contribution in [2.24, 2.45) is 5.73 Å². The molecule has 2 unspecified atom stereocenters. The van der Waals surface area contributed by atoms with Crippen LogP contribution in [0.1, 0.15) is 33.1 Å². The van der Waals surface area contributed by atoms with E-state index in [4.69, 9.17) is 5.73 Å². The molecular formula is C12H23F3N2S.